The van der Waals surface area contributed by atoms with E-state index in [4.69, 9.17) is 4.12 Å². The fourth-order valence-electron chi connectivity index (χ4n) is 6.19. The van der Waals surface area contributed by atoms with Crippen LogP contribution < -0.4 is 10.4 Å². The van der Waals surface area contributed by atoms with Gasteiger partial charge in [0.25, 0.3) is 0 Å². The molecule has 0 aliphatic heterocycles. The predicted octanol–water partition coefficient (Wildman–Crippen LogP) is 10.4. The second-order valence-corrected chi connectivity index (χ2v) is 21.0. The highest BCUT2D eigenvalue weighted by Gasteiger charge is 2.35. The molecule has 0 bridgehead atoms. The number of benzene rings is 6. The van der Waals surface area contributed by atoms with Crippen LogP contribution in [-0.4, -0.2) is 16.6 Å². The molecule has 0 spiro atoms. The van der Waals surface area contributed by atoms with Gasteiger partial charge in [0.05, 0.1) is 0 Å². The Balaban J connectivity index is 1.22. The van der Waals surface area contributed by atoms with Crippen LogP contribution in [0.25, 0.3) is 23.3 Å². The highest BCUT2D eigenvalue weighted by molar-refractivity contribution is 6.96. The van der Waals surface area contributed by atoms with Gasteiger partial charge in [0.1, 0.15) is 0 Å². The van der Waals surface area contributed by atoms with Gasteiger partial charge in [0.15, 0.2) is 0 Å². The molecule has 0 radical (unpaired) electrons. The van der Waals surface area contributed by atoms with Crippen LogP contribution in [0.5, 0.6) is 0 Å². The van der Waals surface area contributed by atoms with Crippen molar-refractivity contribution in [2.75, 3.05) is 0 Å². The zero-order valence-corrected chi connectivity index (χ0v) is 29.7. The van der Waals surface area contributed by atoms with E-state index in [1.54, 1.807) is 0 Å². The summed E-state index contributed by atoms with van der Waals surface area (Å²) in [4.78, 5) is 0. The minimum atomic E-state index is -2.19. The third-order valence-corrected chi connectivity index (χ3v) is 16.2. The predicted molar refractivity (Wildman–Crippen MR) is 208 cm³/mol. The lowest BCUT2D eigenvalue weighted by molar-refractivity contribution is 0.573. The van der Waals surface area contributed by atoms with E-state index in [1.807, 2.05) is 0 Å². The monoisotopic (exact) mass is 642 g/mol. The van der Waals surface area contributed by atoms with E-state index < -0.39 is 16.6 Å². The molecule has 0 aromatic heterocycles. The van der Waals surface area contributed by atoms with Crippen LogP contribution in [0.2, 0.25) is 26.2 Å². The van der Waals surface area contributed by atoms with Crippen molar-refractivity contribution in [1.29, 1.82) is 0 Å². The van der Waals surface area contributed by atoms with Gasteiger partial charge in [-0.2, -0.15) is 0 Å². The Labute approximate surface area is 282 Å². The summed E-state index contributed by atoms with van der Waals surface area (Å²) >= 11 is 0. The summed E-state index contributed by atoms with van der Waals surface area (Å²) in [7, 11) is -4.37. The van der Waals surface area contributed by atoms with Gasteiger partial charge in [0, 0.05) is 0 Å². The summed E-state index contributed by atoms with van der Waals surface area (Å²) < 4.78 is 7.16. The van der Waals surface area contributed by atoms with Crippen LogP contribution in [0.4, 0.5) is 0 Å². The van der Waals surface area contributed by atoms with Gasteiger partial charge >= 0.3 is 0 Å². The zero-order chi connectivity index (χ0) is 32.7. The lowest BCUT2D eigenvalue weighted by atomic mass is 9.96. The zero-order valence-electron chi connectivity index (χ0n) is 27.7. The molecule has 6 rings (SSSR count). The average Bonchev–Trinajstić information content (AvgIpc) is 3.11. The van der Waals surface area contributed by atoms with E-state index >= 15 is 0 Å². The van der Waals surface area contributed by atoms with E-state index in [9.17, 15) is 0 Å². The molecule has 3 heteroatoms. The van der Waals surface area contributed by atoms with Crippen molar-refractivity contribution in [1.82, 2.24) is 0 Å². The number of rotatable bonds is 10. The molecule has 0 atom stereocenters. The van der Waals surface area contributed by atoms with Crippen LogP contribution >= 0.6 is 0 Å². The number of hydrogen-bond donors (Lipinski definition) is 0. The van der Waals surface area contributed by atoms with Gasteiger partial charge in [0.2, 0.25) is 16.6 Å². The molecule has 47 heavy (non-hydrogen) atoms. The first-order valence-electron chi connectivity index (χ1n) is 16.3. The van der Waals surface area contributed by atoms with Crippen molar-refractivity contribution >= 4 is 50.3 Å². The Bertz CT molecular complexity index is 1710. The van der Waals surface area contributed by atoms with Crippen LogP contribution in [0.3, 0.4) is 0 Å². The molecule has 6 aromatic rings. The minimum Gasteiger partial charge on any atom is -0.449 e. The smallest absolute Gasteiger partial charge is 0.206 e. The highest BCUT2D eigenvalue weighted by Crippen LogP contribution is 2.27. The summed E-state index contributed by atoms with van der Waals surface area (Å²) in [6, 6.07) is 60.6. The molecule has 0 unspecified atom stereocenters. The Morgan fingerprint density at radius 2 is 0.617 bits per heavy atom. The fraction of sp³-hybridized carbons (Fsp3) is 0.0909. The topological polar surface area (TPSA) is 9.23 Å². The second kappa shape index (κ2) is 14.3. The first-order chi connectivity index (χ1) is 22.8. The van der Waals surface area contributed by atoms with Crippen molar-refractivity contribution in [3.8, 4) is 0 Å². The number of hydrogen-bond acceptors (Lipinski definition) is 1. The van der Waals surface area contributed by atoms with E-state index in [-0.39, 0.29) is 0 Å². The molecule has 0 aliphatic carbocycles. The normalized spacial score (nSPS) is 11.5. The lowest BCUT2D eigenvalue weighted by Gasteiger charge is -2.34. The Hall–Kier alpha value is -4.81. The van der Waals surface area contributed by atoms with Gasteiger partial charge in [-0.3, -0.25) is 0 Å². The van der Waals surface area contributed by atoms with Crippen molar-refractivity contribution in [2.24, 2.45) is 0 Å². The molecule has 0 amide bonds. The van der Waals surface area contributed by atoms with Gasteiger partial charge < -0.3 is 4.12 Å². The van der Waals surface area contributed by atoms with Crippen molar-refractivity contribution in [2.45, 2.75) is 26.2 Å². The Kier molecular flexibility index (Phi) is 9.79. The van der Waals surface area contributed by atoms with Crippen LogP contribution in [-0.2, 0) is 4.12 Å². The Morgan fingerprint density at radius 3 is 0.872 bits per heavy atom. The van der Waals surface area contributed by atoms with E-state index in [2.05, 4.69) is 208 Å². The third-order valence-electron chi connectivity index (χ3n) is 8.68. The molecular formula is C44H42OSi2. The van der Waals surface area contributed by atoms with Gasteiger partial charge in [-0.25, -0.2) is 0 Å². The van der Waals surface area contributed by atoms with E-state index in [1.165, 1.54) is 54.9 Å². The molecule has 0 heterocycles. The first-order valence-corrected chi connectivity index (χ1v) is 22.2. The Morgan fingerprint density at radius 1 is 0.362 bits per heavy atom. The molecule has 0 saturated heterocycles. The summed E-state index contributed by atoms with van der Waals surface area (Å²) in [5.41, 5.74) is 9.67. The average molecular weight is 643 g/mol. The SMILES string of the molecule is C[Si](C)(O[Si](C)(C)c1ccc(C=C(c2ccccc2)c2ccccc2)cc1)c1ccc(C=C(c2ccccc2)c2ccccc2)cc1. The van der Waals surface area contributed by atoms with Gasteiger partial charge in [-0.05, 0) is 93.2 Å². The maximum absolute atomic E-state index is 7.16. The molecule has 0 saturated carbocycles. The highest BCUT2D eigenvalue weighted by atomic mass is 28.4. The standard InChI is InChI=1S/C44H42OSi2/c1-46(2,41-29-25-35(26-30-41)33-43(37-17-9-5-10-18-37)38-19-11-6-12-20-38)45-47(3,4)42-31-27-36(28-32-42)34-44(39-21-13-7-14-22-39)40-23-15-8-16-24-40/h5-34H,1-4H3. The molecule has 1 nitrogen and oxygen atoms in total. The van der Waals surface area contributed by atoms with Crippen LogP contribution in [0.1, 0.15) is 33.4 Å². The lowest BCUT2D eigenvalue weighted by Crippen LogP contribution is -2.57. The van der Waals surface area contributed by atoms with Crippen molar-refractivity contribution < 1.29 is 4.12 Å². The maximum Gasteiger partial charge on any atom is 0.206 e. The molecule has 232 valence electrons. The van der Waals surface area contributed by atoms with Gasteiger partial charge in [-0.15, -0.1) is 0 Å². The van der Waals surface area contributed by atoms with Crippen molar-refractivity contribution in [3.63, 3.8) is 0 Å². The van der Waals surface area contributed by atoms with Crippen LogP contribution in [0, 0.1) is 0 Å². The molecule has 0 aliphatic rings. The van der Waals surface area contributed by atoms with E-state index in [0.29, 0.717) is 0 Å². The van der Waals surface area contributed by atoms with Crippen molar-refractivity contribution in [3.05, 3.63) is 203 Å². The van der Waals surface area contributed by atoms with Gasteiger partial charge in [-0.1, -0.05) is 170 Å². The molecule has 0 N–H and O–H groups in total. The summed E-state index contributed by atoms with van der Waals surface area (Å²) in [5, 5.41) is 2.62. The summed E-state index contributed by atoms with van der Waals surface area (Å²) in [6.45, 7) is 9.31. The fourth-order valence-corrected chi connectivity index (χ4v) is 14.2. The third kappa shape index (κ3) is 7.95. The largest absolute Gasteiger partial charge is 0.449 e. The second-order valence-electron chi connectivity index (χ2n) is 12.9. The quantitative estimate of drug-likeness (QED) is 0.107. The minimum absolute atomic E-state index is 1.19. The van der Waals surface area contributed by atoms with E-state index in [0.717, 1.165) is 0 Å². The first kappa shape index (κ1) is 32.1. The molecular weight excluding hydrogens is 601 g/mol. The maximum atomic E-state index is 7.16. The molecule has 6 aromatic carbocycles. The summed E-state index contributed by atoms with van der Waals surface area (Å²) in [6.07, 6.45) is 4.58. The molecule has 0 fully saturated rings. The van der Waals surface area contributed by atoms with Crippen LogP contribution in [0.15, 0.2) is 170 Å². The summed E-state index contributed by atoms with van der Waals surface area (Å²) in [5.74, 6) is 0.